The minimum atomic E-state index is -1.33. The second-order valence-electron chi connectivity index (χ2n) is 4.65. The third kappa shape index (κ3) is 2.91. The van der Waals surface area contributed by atoms with E-state index < -0.39 is 11.4 Å². The van der Waals surface area contributed by atoms with Crippen LogP contribution in [-0.2, 0) is 19.1 Å². The monoisotopic (exact) mass is 302 g/mol. The lowest BCUT2D eigenvalue weighted by atomic mass is 9.92. The summed E-state index contributed by atoms with van der Waals surface area (Å²) in [4.78, 5) is 4.14. The summed E-state index contributed by atoms with van der Waals surface area (Å²) in [6.45, 7) is 1.57. The SMILES string of the molecule is Cn1ccnc1CC(C)(O)c1cc(F)c(Cl)cc1Cl. The predicted molar refractivity (Wildman–Crippen MR) is 72.9 cm³/mol. The van der Waals surface area contributed by atoms with Crippen molar-refractivity contribution in [1.82, 2.24) is 9.55 Å². The number of nitrogens with zero attached hydrogens (tertiary/aromatic N) is 2. The van der Waals surface area contributed by atoms with Crippen molar-refractivity contribution >= 4 is 23.2 Å². The highest BCUT2D eigenvalue weighted by molar-refractivity contribution is 6.35. The minimum absolute atomic E-state index is 0.0680. The van der Waals surface area contributed by atoms with Gasteiger partial charge < -0.3 is 9.67 Å². The van der Waals surface area contributed by atoms with E-state index in [1.54, 1.807) is 23.9 Å². The van der Waals surface area contributed by atoms with Gasteiger partial charge in [-0.05, 0) is 19.1 Å². The molecule has 0 aliphatic heterocycles. The van der Waals surface area contributed by atoms with E-state index in [4.69, 9.17) is 23.2 Å². The van der Waals surface area contributed by atoms with Gasteiger partial charge in [-0.3, -0.25) is 0 Å². The van der Waals surface area contributed by atoms with Crippen molar-refractivity contribution in [2.24, 2.45) is 7.05 Å². The second kappa shape index (κ2) is 5.12. The van der Waals surface area contributed by atoms with Gasteiger partial charge in [0.25, 0.3) is 0 Å². The molecule has 0 saturated carbocycles. The molecule has 2 aromatic rings. The molecule has 6 heteroatoms. The molecule has 1 atom stereocenters. The summed E-state index contributed by atoms with van der Waals surface area (Å²) in [5, 5.41) is 10.7. The average molecular weight is 303 g/mol. The number of benzene rings is 1. The van der Waals surface area contributed by atoms with Gasteiger partial charge in [-0.15, -0.1) is 0 Å². The summed E-state index contributed by atoms with van der Waals surface area (Å²) in [5.74, 6) is 0.0672. The quantitative estimate of drug-likeness (QED) is 0.883. The molecule has 0 aliphatic carbocycles. The summed E-state index contributed by atoms with van der Waals surface area (Å²) < 4.78 is 15.3. The molecule has 102 valence electrons. The summed E-state index contributed by atoms with van der Waals surface area (Å²) >= 11 is 11.7. The maximum atomic E-state index is 13.5. The summed E-state index contributed by atoms with van der Waals surface area (Å²) in [5.41, 5.74) is -1.04. The first-order valence-corrected chi connectivity index (χ1v) is 6.40. The van der Waals surface area contributed by atoms with E-state index in [0.717, 1.165) is 6.07 Å². The largest absolute Gasteiger partial charge is 0.385 e. The Balaban J connectivity index is 2.39. The molecule has 19 heavy (non-hydrogen) atoms. The van der Waals surface area contributed by atoms with Crippen molar-refractivity contribution in [1.29, 1.82) is 0 Å². The Morgan fingerprint density at radius 1 is 1.37 bits per heavy atom. The van der Waals surface area contributed by atoms with Crippen molar-refractivity contribution in [3.05, 3.63) is 51.8 Å². The molecule has 0 aliphatic rings. The molecule has 2 rings (SSSR count). The van der Waals surface area contributed by atoms with E-state index in [-0.39, 0.29) is 16.5 Å². The zero-order chi connectivity index (χ0) is 14.2. The first-order valence-electron chi connectivity index (χ1n) is 5.65. The van der Waals surface area contributed by atoms with Crippen molar-refractivity contribution in [2.45, 2.75) is 18.9 Å². The van der Waals surface area contributed by atoms with Crippen molar-refractivity contribution in [3.63, 3.8) is 0 Å². The Bertz CT molecular complexity index is 611. The Labute approximate surface area is 120 Å². The second-order valence-corrected chi connectivity index (χ2v) is 5.47. The summed E-state index contributed by atoms with van der Waals surface area (Å²) in [6.07, 6.45) is 3.63. The molecule has 0 fully saturated rings. The summed E-state index contributed by atoms with van der Waals surface area (Å²) in [6, 6.07) is 2.45. The van der Waals surface area contributed by atoms with Crippen LogP contribution in [0.5, 0.6) is 0 Å². The highest BCUT2D eigenvalue weighted by atomic mass is 35.5. The van der Waals surface area contributed by atoms with Gasteiger partial charge in [0.15, 0.2) is 0 Å². The number of rotatable bonds is 3. The van der Waals surface area contributed by atoms with Crippen LogP contribution < -0.4 is 0 Å². The standard InChI is InChI=1S/C13H13Cl2FN2O/c1-13(19,7-12-17-3-4-18(12)2)8-5-11(16)10(15)6-9(8)14/h3-6,19H,7H2,1-2H3. The number of halogens is 3. The molecule has 0 radical (unpaired) electrons. The van der Waals surface area contributed by atoms with E-state index >= 15 is 0 Å². The molecule has 1 N–H and O–H groups in total. The van der Waals surface area contributed by atoms with E-state index in [1.807, 2.05) is 7.05 Å². The van der Waals surface area contributed by atoms with Crippen LogP contribution in [0.2, 0.25) is 10.0 Å². The normalized spacial score (nSPS) is 14.4. The molecule has 0 bridgehead atoms. The van der Waals surface area contributed by atoms with Gasteiger partial charge in [0, 0.05) is 36.4 Å². The van der Waals surface area contributed by atoms with E-state index in [0.29, 0.717) is 11.4 Å². The highest BCUT2D eigenvalue weighted by Crippen LogP contribution is 2.33. The van der Waals surface area contributed by atoms with Gasteiger partial charge in [-0.25, -0.2) is 9.37 Å². The number of aliphatic hydroxyl groups is 1. The fraction of sp³-hybridized carbons (Fsp3) is 0.308. The number of aryl methyl sites for hydroxylation is 1. The lowest BCUT2D eigenvalue weighted by Crippen LogP contribution is -2.26. The van der Waals surface area contributed by atoms with Crippen LogP contribution >= 0.6 is 23.2 Å². The molecule has 0 amide bonds. The minimum Gasteiger partial charge on any atom is -0.385 e. The Hall–Kier alpha value is -1.10. The molecule has 1 aromatic heterocycles. The van der Waals surface area contributed by atoms with Gasteiger partial charge >= 0.3 is 0 Å². The first-order chi connectivity index (χ1) is 8.81. The topological polar surface area (TPSA) is 38.0 Å². The molecule has 1 heterocycles. The molecule has 0 saturated heterocycles. The maximum absolute atomic E-state index is 13.5. The number of hydrogen-bond donors (Lipinski definition) is 1. The summed E-state index contributed by atoms with van der Waals surface area (Å²) in [7, 11) is 1.82. The van der Waals surface area contributed by atoms with Crippen LogP contribution in [-0.4, -0.2) is 14.7 Å². The molecule has 1 unspecified atom stereocenters. The van der Waals surface area contributed by atoms with E-state index in [2.05, 4.69) is 4.98 Å². The number of aromatic nitrogens is 2. The van der Waals surface area contributed by atoms with E-state index in [1.165, 1.54) is 6.07 Å². The van der Waals surface area contributed by atoms with Gasteiger partial charge in [0.2, 0.25) is 0 Å². The number of imidazole rings is 1. The maximum Gasteiger partial charge on any atom is 0.142 e. The molecule has 3 nitrogen and oxygen atoms in total. The number of hydrogen-bond acceptors (Lipinski definition) is 2. The zero-order valence-corrected chi connectivity index (χ0v) is 12.0. The average Bonchev–Trinajstić information content (AvgIpc) is 2.69. The Morgan fingerprint density at radius 3 is 2.63 bits per heavy atom. The van der Waals surface area contributed by atoms with Crippen LogP contribution in [0, 0.1) is 5.82 Å². The highest BCUT2D eigenvalue weighted by Gasteiger charge is 2.29. The molecule has 0 spiro atoms. The third-order valence-electron chi connectivity index (χ3n) is 3.01. The lowest BCUT2D eigenvalue weighted by Gasteiger charge is -2.25. The lowest BCUT2D eigenvalue weighted by molar-refractivity contribution is 0.0545. The van der Waals surface area contributed by atoms with Gasteiger partial charge in [0.1, 0.15) is 11.6 Å². The van der Waals surface area contributed by atoms with Crippen LogP contribution in [0.4, 0.5) is 4.39 Å². The first kappa shape index (κ1) is 14.3. The molecule has 1 aromatic carbocycles. The van der Waals surface area contributed by atoms with Crippen molar-refractivity contribution < 1.29 is 9.50 Å². The fourth-order valence-corrected chi connectivity index (χ4v) is 2.49. The van der Waals surface area contributed by atoms with Crippen LogP contribution in [0.3, 0.4) is 0 Å². The van der Waals surface area contributed by atoms with E-state index in [9.17, 15) is 9.50 Å². The molecular weight excluding hydrogens is 290 g/mol. The van der Waals surface area contributed by atoms with Crippen molar-refractivity contribution in [3.8, 4) is 0 Å². The van der Waals surface area contributed by atoms with Crippen LogP contribution in [0.25, 0.3) is 0 Å². The fourth-order valence-electron chi connectivity index (χ4n) is 1.91. The third-order valence-corrected chi connectivity index (χ3v) is 3.62. The van der Waals surface area contributed by atoms with Gasteiger partial charge in [-0.2, -0.15) is 0 Å². The van der Waals surface area contributed by atoms with Crippen LogP contribution in [0.1, 0.15) is 18.3 Å². The Morgan fingerprint density at radius 2 is 2.05 bits per heavy atom. The zero-order valence-electron chi connectivity index (χ0n) is 10.5. The van der Waals surface area contributed by atoms with Crippen molar-refractivity contribution in [2.75, 3.05) is 0 Å². The smallest absolute Gasteiger partial charge is 0.142 e. The van der Waals surface area contributed by atoms with Gasteiger partial charge in [-0.1, -0.05) is 23.2 Å². The van der Waals surface area contributed by atoms with Gasteiger partial charge in [0.05, 0.1) is 10.6 Å². The van der Waals surface area contributed by atoms with Crippen LogP contribution in [0.15, 0.2) is 24.5 Å². The molecular formula is C13H13Cl2FN2O. The Kier molecular flexibility index (Phi) is 3.85. The predicted octanol–water partition coefficient (Wildman–Crippen LogP) is 3.32.